The van der Waals surface area contributed by atoms with Crippen LogP contribution in [0.3, 0.4) is 0 Å². The number of unbranched alkanes of at least 4 members (excludes halogenated alkanes) is 33. The topological polar surface area (TPSA) is 111 Å². The number of allylic oxidation sites excluding steroid dienone is 7. The van der Waals surface area contributed by atoms with Crippen molar-refractivity contribution in [2.45, 2.75) is 296 Å². The molecule has 0 aromatic carbocycles. The fourth-order valence-corrected chi connectivity index (χ4v) is 9.47. The molecule has 9 nitrogen and oxygen atoms in total. The quantitative estimate of drug-likeness (QED) is 0.0205. The molecule has 0 saturated carbocycles. The van der Waals surface area contributed by atoms with E-state index in [0.717, 1.165) is 83.5 Å². The van der Waals surface area contributed by atoms with E-state index in [1.807, 2.05) is 33.3 Å². The van der Waals surface area contributed by atoms with Gasteiger partial charge in [-0.05, 0) is 89.5 Å². The van der Waals surface area contributed by atoms with E-state index in [0.29, 0.717) is 17.4 Å². The summed E-state index contributed by atoms with van der Waals surface area (Å²) in [6, 6.07) is -0.852. The number of amides is 1. The molecule has 0 radical (unpaired) electrons. The number of likely N-dealkylation sites (N-methyl/N-ethyl adjacent to an activating group) is 1. The molecule has 10 heteroatoms. The molecule has 1 amide bonds. The first-order valence-electron chi connectivity index (χ1n) is 30.5. The molecule has 0 aliphatic rings. The van der Waals surface area contributed by atoms with E-state index in [2.05, 4.69) is 62.5 Å². The Labute approximate surface area is 446 Å². The maximum Gasteiger partial charge on any atom is 0.472 e. The molecular formula is C62H118N2O7P+. The van der Waals surface area contributed by atoms with Gasteiger partial charge in [0.2, 0.25) is 5.91 Å². The average Bonchev–Trinajstić information content (AvgIpc) is 3.34. The van der Waals surface area contributed by atoms with Crippen LogP contribution in [-0.4, -0.2) is 74.3 Å². The lowest BCUT2D eigenvalue weighted by molar-refractivity contribution is -0.870. The Kier molecular flexibility index (Phi) is 50.9. The Hall–Kier alpha value is -2.03. The van der Waals surface area contributed by atoms with E-state index in [4.69, 9.17) is 13.8 Å². The molecule has 3 atom stereocenters. The van der Waals surface area contributed by atoms with E-state index < -0.39 is 20.0 Å². The Morgan fingerprint density at radius 3 is 1.29 bits per heavy atom. The maximum atomic E-state index is 13.5. The lowest BCUT2D eigenvalue weighted by Crippen LogP contribution is -2.47. The molecule has 72 heavy (non-hydrogen) atoms. The minimum atomic E-state index is -4.45. The third-order valence-electron chi connectivity index (χ3n) is 13.5. The van der Waals surface area contributed by atoms with E-state index in [9.17, 15) is 19.0 Å². The number of nitrogens with zero attached hydrogens (tertiary/aromatic N) is 1. The van der Waals surface area contributed by atoms with Gasteiger partial charge in [-0.15, -0.1) is 0 Å². The first kappa shape index (κ1) is 70.0. The third kappa shape index (κ3) is 52.8. The minimum absolute atomic E-state index is 0.0382. The molecule has 0 spiro atoms. The van der Waals surface area contributed by atoms with Gasteiger partial charge in [0.1, 0.15) is 19.3 Å². The summed E-state index contributed by atoms with van der Waals surface area (Å²) in [4.78, 5) is 37.6. The number of esters is 1. The molecular weight excluding hydrogens is 916 g/mol. The number of carbonyl (C=O) groups excluding carboxylic acids is 2. The summed E-state index contributed by atoms with van der Waals surface area (Å²) in [5, 5.41) is 3.05. The number of hydrogen-bond donors (Lipinski definition) is 2. The summed E-state index contributed by atoms with van der Waals surface area (Å²) in [7, 11) is 1.49. The fourth-order valence-electron chi connectivity index (χ4n) is 8.73. The van der Waals surface area contributed by atoms with Crippen molar-refractivity contribution >= 4 is 19.7 Å². The number of ether oxygens (including phenoxy) is 1. The van der Waals surface area contributed by atoms with Gasteiger partial charge in [0.25, 0.3) is 0 Å². The van der Waals surface area contributed by atoms with E-state index in [1.165, 1.54) is 167 Å². The Morgan fingerprint density at radius 1 is 0.486 bits per heavy atom. The van der Waals surface area contributed by atoms with Crippen LogP contribution in [0.25, 0.3) is 0 Å². The summed E-state index contributed by atoms with van der Waals surface area (Å²) in [5.74, 6) is -0.514. The smallest absolute Gasteiger partial charge is 0.456 e. The van der Waals surface area contributed by atoms with Gasteiger partial charge in [-0.3, -0.25) is 18.6 Å². The van der Waals surface area contributed by atoms with Crippen LogP contribution in [0.4, 0.5) is 0 Å². The number of phosphoric acid groups is 1. The summed E-state index contributed by atoms with van der Waals surface area (Å²) < 4.78 is 30.6. The molecule has 0 aliphatic carbocycles. The van der Waals surface area contributed by atoms with Crippen LogP contribution in [0.15, 0.2) is 48.6 Å². The minimum Gasteiger partial charge on any atom is -0.456 e. The second-order valence-corrected chi connectivity index (χ2v) is 23.3. The van der Waals surface area contributed by atoms with Crippen molar-refractivity contribution in [1.82, 2.24) is 5.32 Å². The fraction of sp³-hybridized carbons (Fsp3) is 0.839. The number of nitrogens with one attached hydrogen (secondary N) is 1. The van der Waals surface area contributed by atoms with Gasteiger partial charge in [0.05, 0.1) is 33.8 Å². The molecule has 0 bridgehead atoms. The maximum absolute atomic E-state index is 13.5. The van der Waals surface area contributed by atoms with Crippen molar-refractivity contribution in [3.63, 3.8) is 0 Å². The van der Waals surface area contributed by atoms with Crippen LogP contribution in [0.5, 0.6) is 0 Å². The SMILES string of the molecule is CCCCC/C=C\C/C=C\CCCCCCCCCCCC(=O)OC(/C=C/CCCCCCCCCCC)C(COP(=O)(O)OCC[N+](C)(C)C)NC(=O)CCCCCCC/C=C/CCCCCCCCC. The number of hydrogen-bond acceptors (Lipinski definition) is 6. The van der Waals surface area contributed by atoms with E-state index >= 15 is 0 Å². The molecule has 0 aromatic rings. The van der Waals surface area contributed by atoms with E-state index in [-0.39, 0.29) is 31.5 Å². The van der Waals surface area contributed by atoms with Gasteiger partial charge >= 0.3 is 13.8 Å². The first-order valence-corrected chi connectivity index (χ1v) is 32.0. The Balaban J connectivity index is 5.25. The highest BCUT2D eigenvalue weighted by Crippen LogP contribution is 2.43. The number of carbonyl (C=O) groups is 2. The predicted octanol–water partition coefficient (Wildman–Crippen LogP) is 18.5. The number of rotatable bonds is 55. The highest BCUT2D eigenvalue weighted by Gasteiger charge is 2.30. The van der Waals surface area contributed by atoms with Gasteiger partial charge in [-0.2, -0.15) is 0 Å². The zero-order valence-electron chi connectivity index (χ0n) is 48.2. The summed E-state index contributed by atoms with van der Waals surface area (Å²) in [6.07, 6.45) is 63.9. The molecule has 422 valence electrons. The van der Waals surface area contributed by atoms with Gasteiger partial charge in [0.15, 0.2) is 0 Å². The number of phosphoric ester groups is 1. The van der Waals surface area contributed by atoms with Crippen molar-refractivity contribution in [2.24, 2.45) is 0 Å². The Morgan fingerprint density at radius 2 is 0.847 bits per heavy atom. The summed E-state index contributed by atoms with van der Waals surface area (Å²) in [5.41, 5.74) is 0. The van der Waals surface area contributed by atoms with E-state index in [1.54, 1.807) is 0 Å². The summed E-state index contributed by atoms with van der Waals surface area (Å²) >= 11 is 0. The standard InChI is InChI=1S/C62H117N2O7P/c1-7-10-13-16-19-22-25-27-29-31-32-33-35-37-40-43-46-49-52-55-62(66)71-60(53-50-47-44-41-38-24-21-18-15-12-9-3)59(58-70-72(67,68)69-57-56-64(4,5)6)63-61(65)54-51-48-45-42-39-36-34-30-28-26-23-20-17-14-11-8-2/h19,22,27,29-30,34,50,53,59-60H,7-18,20-21,23-26,28,31-33,35-49,51-52,54-58H2,1-6H3,(H-,63,65,67,68)/p+1/b22-19-,29-27-,34-30+,53-50+. The van der Waals surface area contributed by atoms with Crippen LogP contribution >= 0.6 is 7.82 Å². The van der Waals surface area contributed by atoms with Crippen LogP contribution in [0.1, 0.15) is 284 Å². The van der Waals surface area contributed by atoms with Crippen molar-refractivity contribution in [3.05, 3.63) is 48.6 Å². The van der Waals surface area contributed by atoms with Crippen LogP contribution in [0.2, 0.25) is 0 Å². The van der Waals surface area contributed by atoms with Gasteiger partial charge in [-0.1, -0.05) is 230 Å². The largest absolute Gasteiger partial charge is 0.472 e. The number of quaternary nitrogens is 1. The molecule has 0 rings (SSSR count). The second-order valence-electron chi connectivity index (χ2n) is 21.9. The second kappa shape index (κ2) is 52.4. The molecule has 0 aliphatic heterocycles. The highest BCUT2D eigenvalue weighted by molar-refractivity contribution is 7.47. The average molecular weight is 1030 g/mol. The Bertz CT molecular complexity index is 1380. The first-order chi connectivity index (χ1) is 34.9. The zero-order valence-corrected chi connectivity index (χ0v) is 49.1. The molecule has 0 aromatic heterocycles. The van der Waals surface area contributed by atoms with Crippen molar-refractivity contribution < 1.29 is 37.3 Å². The lowest BCUT2D eigenvalue weighted by atomic mass is 10.0. The zero-order chi connectivity index (χ0) is 52.9. The summed E-state index contributed by atoms with van der Waals surface area (Å²) in [6.45, 7) is 6.99. The third-order valence-corrected chi connectivity index (χ3v) is 14.5. The van der Waals surface area contributed by atoms with Crippen molar-refractivity contribution in [1.29, 1.82) is 0 Å². The molecule has 3 unspecified atom stereocenters. The molecule has 0 saturated heterocycles. The van der Waals surface area contributed by atoms with Crippen LogP contribution in [0, 0.1) is 0 Å². The van der Waals surface area contributed by atoms with Crippen molar-refractivity contribution in [2.75, 3.05) is 40.9 Å². The molecule has 0 heterocycles. The monoisotopic (exact) mass is 1030 g/mol. The molecule has 2 N–H and O–H groups in total. The normalized spacial score (nSPS) is 14.0. The molecule has 0 fully saturated rings. The lowest BCUT2D eigenvalue weighted by Gasteiger charge is -2.27. The highest BCUT2D eigenvalue weighted by atomic mass is 31.2. The van der Waals surface area contributed by atoms with Gasteiger partial charge in [0, 0.05) is 12.8 Å². The predicted molar refractivity (Wildman–Crippen MR) is 309 cm³/mol. The van der Waals surface area contributed by atoms with Gasteiger partial charge in [-0.25, -0.2) is 4.57 Å². The van der Waals surface area contributed by atoms with Crippen LogP contribution in [-0.2, 0) is 27.9 Å². The van der Waals surface area contributed by atoms with Gasteiger partial charge < -0.3 is 19.4 Å². The van der Waals surface area contributed by atoms with Crippen molar-refractivity contribution in [3.8, 4) is 0 Å². The van der Waals surface area contributed by atoms with Crippen LogP contribution < -0.4 is 5.32 Å².